The standard InChI is InChI=1S/C12H22N4O/c1-4-5-7-17-8-6-16-10-12(14-15-16)9-13-11(2)3/h4,10-11,13H,1,5-9H2,2-3H3. The Balaban J connectivity index is 2.18. The SMILES string of the molecule is C=CCCOCCn1cc(CNC(C)C)nn1. The Morgan fingerprint density at radius 3 is 3.06 bits per heavy atom. The van der Waals surface area contributed by atoms with Gasteiger partial charge in [-0.3, -0.25) is 0 Å². The molecule has 1 N–H and O–H groups in total. The quantitative estimate of drug-likeness (QED) is 0.521. The van der Waals surface area contributed by atoms with Crippen LogP contribution in [0.1, 0.15) is 26.0 Å². The Morgan fingerprint density at radius 1 is 1.53 bits per heavy atom. The van der Waals surface area contributed by atoms with Crippen molar-refractivity contribution in [2.75, 3.05) is 13.2 Å². The van der Waals surface area contributed by atoms with Gasteiger partial charge < -0.3 is 10.1 Å². The molecule has 5 heteroatoms. The molecule has 0 aliphatic carbocycles. The Kier molecular flexibility index (Phi) is 6.50. The van der Waals surface area contributed by atoms with Crippen LogP contribution in [0, 0.1) is 0 Å². The zero-order valence-electron chi connectivity index (χ0n) is 10.7. The average molecular weight is 238 g/mol. The van der Waals surface area contributed by atoms with E-state index in [0.29, 0.717) is 12.6 Å². The number of nitrogens with zero attached hydrogens (tertiary/aromatic N) is 3. The van der Waals surface area contributed by atoms with Crippen LogP contribution in [0.2, 0.25) is 0 Å². The Morgan fingerprint density at radius 2 is 2.35 bits per heavy atom. The summed E-state index contributed by atoms with van der Waals surface area (Å²) in [6.07, 6.45) is 4.69. The predicted octanol–water partition coefficient (Wildman–Crippen LogP) is 1.37. The van der Waals surface area contributed by atoms with Gasteiger partial charge in [0.1, 0.15) is 0 Å². The van der Waals surface area contributed by atoms with E-state index in [0.717, 1.165) is 31.8 Å². The average Bonchev–Trinajstić information content (AvgIpc) is 2.74. The fourth-order valence-corrected chi connectivity index (χ4v) is 1.26. The van der Waals surface area contributed by atoms with Crippen LogP contribution in [0.5, 0.6) is 0 Å². The molecule has 96 valence electrons. The van der Waals surface area contributed by atoms with Crippen molar-refractivity contribution in [3.05, 3.63) is 24.5 Å². The van der Waals surface area contributed by atoms with E-state index in [2.05, 4.69) is 36.1 Å². The molecule has 0 saturated heterocycles. The van der Waals surface area contributed by atoms with E-state index in [1.807, 2.05) is 17.0 Å². The lowest BCUT2D eigenvalue weighted by Gasteiger charge is -2.04. The number of hydrogen-bond donors (Lipinski definition) is 1. The molecule has 0 unspecified atom stereocenters. The Labute approximate surface area is 103 Å². The fraction of sp³-hybridized carbons (Fsp3) is 0.667. The molecule has 5 nitrogen and oxygen atoms in total. The first kappa shape index (κ1) is 13.9. The van der Waals surface area contributed by atoms with Gasteiger partial charge in [0.2, 0.25) is 0 Å². The van der Waals surface area contributed by atoms with Crippen molar-refractivity contribution in [2.45, 2.75) is 39.4 Å². The molecule has 0 radical (unpaired) electrons. The lowest BCUT2D eigenvalue weighted by molar-refractivity contribution is 0.127. The van der Waals surface area contributed by atoms with Gasteiger partial charge in [-0.1, -0.05) is 25.1 Å². The van der Waals surface area contributed by atoms with Crippen molar-refractivity contribution in [1.82, 2.24) is 20.3 Å². The van der Waals surface area contributed by atoms with Crippen LogP contribution in [0.15, 0.2) is 18.9 Å². The molecule has 0 atom stereocenters. The highest BCUT2D eigenvalue weighted by molar-refractivity contribution is 4.91. The number of ether oxygens (including phenoxy) is 1. The fourth-order valence-electron chi connectivity index (χ4n) is 1.26. The molecule has 0 bridgehead atoms. The summed E-state index contributed by atoms with van der Waals surface area (Å²) < 4.78 is 7.22. The van der Waals surface area contributed by atoms with E-state index < -0.39 is 0 Å². The van der Waals surface area contributed by atoms with Gasteiger partial charge >= 0.3 is 0 Å². The summed E-state index contributed by atoms with van der Waals surface area (Å²) in [4.78, 5) is 0. The first-order valence-corrected chi connectivity index (χ1v) is 6.03. The maximum absolute atomic E-state index is 5.41. The van der Waals surface area contributed by atoms with Gasteiger partial charge in [0.05, 0.1) is 25.5 Å². The van der Waals surface area contributed by atoms with E-state index in [1.165, 1.54) is 0 Å². The summed E-state index contributed by atoms with van der Waals surface area (Å²) in [6.45, 7) is 10.7. The Hall–Kier alpha value is -1.20. The zero-order chi connectivity index (χ0) is 12.5. The lowest BCUT2D eigenvalue weighted by atomic mass is 10.3. The van der Waals surface area contributed by atoms with Gasteiger partial charge in [0.25, 0.3) is 0 Å². The van der Waals surface area contributed by atoms with Crippen molar-refractivity contribution in [1.29, 1.82) is 0 Å². The summed E-state index contributed by atoms with van der Waals surface area (Å²) in [5.74, 6) is 0. The number of aromatic nitrogens is 3. The summed E-state index contributed by atoms with van der Waals surface area (Å²) in [6, 6.07) is 0.461. The topological polar surface area (TPSA) is 52.0 Å². The van der Waals surface area contributed by atoms with Crippen LogP contribution in [0.3, 0.4) is 0 Å². The molecule has 0 saturated carbocycles. The predicted molar refractivity (Wildman–Crippen MR) is 67.6 cm³/mol. The van der Waals surface area contributed by atoms with E-state index >= 15 is 0 Å². The first-order valence-electron chi connectivity index (χ1n) is 6.03. The third kappa shape index (κ3) is 6.19. The molecule has 17 heavy (non-hydrogen) atoms. The van der Waals surface area contributed by atoms with E-state index in [9.17, 15) is 0 Å². The lowest BCUT2D eigenvalue weighted by Crippen LogP contribution is -2.21. The highest BCUT2D eigenvalue weighted by Gasteiger charge is 2.01. The number of nitrogens with one attached hydrogen (secondary N) is 1. The normalized spacial score (nSPS) is 11.0. The highest BCUT2D eigenvalue weighted by Crippen LogP contribution is 1.94. The maximum atomic E-state index is 5.41. The molecule has 0 aliphatic heterocycles. The smallest absolute Gasteiger partial charge is 0.0964 e. The van der Waals surface area contributed by atoms with Gasteiger partial charge in [0, 0.05) is 18.8 Å². The minimum atomic E-state index is 0.461. The third-order valence-electron chi connectivity index (χ3n) is 2.21. The van der Waals surface area contributed by atoms with E-state index in [4.69, 9.17) is 4.74 Å². The second-order valence-corrected chi connectivity index (χ2v) is 4.20. The molecule has 1 aromatic rings. The highest BCUT2D eigenvalue weighted by atomic mass is 16.5. The monoisotopic (exact) mass is 238 g/mol. The summed E-state index contributed by atoms with van der Waals surface area (Å²) in [5, 5.41) is 11.4. The third-order valence-corrected chi connectivity index (χ3v) is 2.21. The van der Waals surface area contributed by atoms with E-state index in [1.54, 1.807) is 0 Å². The van der Waals surface area contributed by atoms with Gasteiger partial charge in [0.15, 0.2) is 0 Å². The van der Waals surface area contributed by atoms with Crippen molar-refractivity contribution >= 4 is 0 Å². The van der Waals surface area contributed by atoms with Crippen molar-refractivity contribution < 1.29 is 4.74 Å². The van der Waals surface area contributed by atoms with Crippen LogP contribution >= 0.6 is 0 Å². The van der Waals surface area contributed by atoms with Gasteiger partial charge in [-0.05, 0) is 6.42 Å². The summed E-state index contributed by atoms with van der Waals surface area (Å²) in [5.41, 5.74) is 0.963. The minimum absolute atomic E-state index is 0.461. The molecule has 1 aromatic heterocycles. The summed E-state index contributed by atoms with van der Waals surface area (Å²) in [7, 11) is 0. The van der Waals surface area contributed by atoms with Crippen molar-refractivity contribution in [2.24, 2.45) is 0 Å². The number of hydrogen-bond acceptors (Lipinski definition) is 4. The van der Waals surface area contributed by atoms with Crippen LogP contribution in [0.25, 0.3) is 0 Å². The molecule has 0 fully saturated rings. The molecular weight excluding hydrogens is 216 g/mol. The Bertz CT molecular complexity index is 322. The summed E-state index contributed by atoms with van der Waals surface area (Å²) >= 11 is 0. The van der Waals surface area contributed by atoms with Gasteiger partial charge in [-0.15, -0.1) is 11.7 Å². The number of rotatable bonds is 9. The molecule has 0 amide bonds. The van der Waals surface area contributed by atoms with Crippen LogP contribution in [0.4, 0.5) is 0 Å². The molecule has 0 aliphatic rings. The van der Waals surface area contributed by atoms with Gasteiger partial charge in [-0.2, -0.15) is 0 Å². The minimum Gasteiger partial charge on any atom is -0.379 e. The second-order valence-electron chi connectivity index (χ2n) is 4.20. The van der Waals surface area contributed by atoms with Crippen LogP contribution in [-0.2, 0) is 17.8 Å². The first-order chi connectivity index (χ1) is 8.22. The van der Waals surface area contributed by atoms with Crippen molar-refractivity contribution in [3.63, 3.8) is 0 Å². The maximum Gasteiger partial charge on any atom is 0.0964 e. The largest absolute Gasteiger partial charge is 0.379 e. The second kappa shape index (κ2) is 7.97. The molecule has 0 aromatic carbocycles. The molecular formula is C12H22N4O. The van der Waals surface area contributed by atoms with Gasteiger partial charge in [-0.25, -0.2) is 4.68 Å². The molecule has 1 heterocycles. The van der Waals surface area contributed by atoms with E-state index in [-0.39, 0.29) is 0 Å². The van der Waals surface area contributed by atoms with Crippen LogP contribution in [-0.4, -0.2) is 34.2 Å². The van der Waals surface area contributed by atoms with Crippen LogP contribution < -0.4 is 5.32 Å². The zero-order valence-corrected chi connectivity index (χ0v) is 10.7. The molecule has 0 spiro atoms. The molecule has 1 rings (SSSR count). The van der Waals surface area contributed by atoms with Crippen molar-refractivity contribution in [3.8, 4) is 0 Å².